The number of amides is 3. The maximum atomic E-state index is 13.1. The molecule has 4 unspecified atom stereocenters. The van der Waals surface area contributed by atoms with Crippen LogP contribution in [0.15, 0.2) is 30.3 Å². The Labute approximate surface area is 193 Å². The van der Waals surface area contributed by atoms with Crippen LogP contribution in [-0.2, 0) is 25.6 Å². The zero-order chi connectivity index (χ0) is 24.3. The largest absolute Gasteiger partial charge is 0.480 e. The predicted octanol–water partition coefficient (Wildman–Crippen LogP) is 0.524. The molecule has 178 valence electrons. The lowest BCUT2D eigenvalue weighted by Gasteiger charge is -2.25. The molecule has 0 aliphatic heterocycles. The molecule has 0 aliphatic rings. The van der Waals surface area contributed by atoms with Crippen molar-refractivity contribution in [2.75, 3.05) is 12.0 Å². The standard InChI is InChI=1S/C22H34N4O5S/c1-13(2)18(23)21(29)26-17(12-15-8-6-5-7-9-15)20(28)25-16(10-11-32-4)19(27)24-14(3)22(30)31/h5-9,13-14,16-18H,10-12,23H2,1-4H3,(H,24,27)(H,25,28)(H,26,29)(H,30,31). The normalized spacial score (nSPS) is 14.7. The topological polar surface area (TPSA) is 151 Å². The van der Waals surface area contributed by atoms with Gasteiger partial charge in [0.1, 0.15) is 18.1 Å². The number of carboxylic acids is 1. The molecule has 0 aliphatic carbocycles. The van der Waals surface area contributed by atoms with Gasteiger partial charge in [-0.3, -0.25) is 19.2 Å². The fourth-order valence-electron chi connectivity index (χ4n) is 2.78. The monoisotopic (exact) mass is 466 g/mol. The molecule has 0 saturated heterocycles. The summed E-state index contributed by atoms with van der Waals surface area (Å²) in [5.74, 6) is -2.31. The van der Waals surface area contributed by atoms with Crippen LogP contribution in [0.2, 0.25) is 0 Å². The molecule has 0 radical (unpaired) electrons. The molecule has 1 rings (SSSR count). The number of carbonyl (C=O) groups is 4. The third-order valence-electron chi connectivity index (χ3n) is 4.91. The SMILES string of the molecule is CSCCC(NC(=O)C(Cc1ccccc1)NC(=O)C(N)C(C)C)C(=O)NC(C)C(=O)O. The summed E-state index contributed by atoms with van der Waals surface area (Å²) in [6.07, 6.45) is 2.39. The number of benzene rings is 1. The Hall–Kier alpha value is -2.59. The zero-order valence-corrected chi connectivity index (χ0v) is 19.8. The maximum absolute atomic E-state index is 13.1. The molecular weight excluding hydrogens is 432 g/mol. The molecular formula is C22H34N4O5S. The average Bonchev–Trinajstić information content (AvgIpc) is 2.75. The van der Waals surface area contributed by atoms with Crippen molar-refractivity contribution in [2.45, 2.75) is 57.8 Å². The van der Waals surface area contributed by atoms with E-state index >= 15 is 0 Å². The van der Waals surface area contributed by atoms with E-state index < -0.39 is 47.9 Å². The van der Waals surface area contributed by atoms with Gasteiger partial charge in [0.25, 0.3) is 0 Å². The summed E-state index contributed by atoms with van der Waals surface area (Å²) in [5, 5.41) is 16.8. The number of thioether (sulfide) groups is 1. The summed E-state index contributed by atoms with van der Waals surface area (Å²) in [4.78, 5) is 49.3. The second-order valence-corrected chi connectivity index (χ2v) is 8.92. The lowest BCUT2D eigenvalue weighted by Crippen LogP contribution is -2.58. The molecule has 0 aromatic heterocycles. The van der Waals surface area contributed by atoms with Gasteiger partial charge in [0.2, 0.25) is 17.7 Å². The van der Waals surface area contributed by atoms with Crippen LogP contribution in [0.3, 0.4) is 0 Å². The van der Waals surface area contributed by atoms with E-state index in [0.29, 0.717) is 12.2 Å². The summed E-state index contributed by atoms with van der Waals surface area (Å²) in [7, 11) is 0. The summed E-state index contributed by atoms with van der Waals surface area (Å²) in [6, 6.07) is 5.40. The second kappa shape index (κ2) is 13.7. The molecule has 4 atom stereocenters. The van der Waals surface area contributed by atoms with Gasteiger partial charge in [0, 0.05) is 6.42 Å². The van der Waals surface area contributed by atoms with Gasteiger partial charge >= 0.3 is 5.97 Å². The number of nitrogens with two attached hydrogens (primary N) is 1. The van der Waals surface area contributed by atoms with E-state index in [1.54, 1.807) is 0 Å². The molecule has 32 heavy (non-hydrogen) atoms. The molecule has 0 spiro atoms. The molecule has 6 N–H and O–H groups in total. The first kappa shape index (κ1) is 27.4. The highest BCUT2D eigenvalue weighted by Crippen LogP contribution is 2.08. The molecule has 0 saturated carbocycles. The van der Waals surface area contributed by atoms with Gasteiger partial charge in [-0.25, -0.2) is 0 Å². The van der Waals surface area contributed by atoms with Crippen LogP contribution < -0.4 is 21.7 Å². The number of hydrogen-bond donors (Lipinski definition) is 5. The van der Waals surface area contributed by atoms with E-state index in [4.69, 9.17) is 10.8 Å². The van der Waals surface area contributed by atoms with Crippen LogP contribution in [0.4, 0.5) is 0 Å². The smallest absolute Gasteiger partial charge is 0.325 e. The number of carboxylic acid groups (broad SMARTS) is 1. The lowest BCUT2D eigenvalue weighted by molar-refractivity contribution is -0.141. The fourth-order valence-corrected chi connectivity index (χ4v) is 3.25. The van der Waals surface area contributed by atoms with E-state index in [-0.39, 0.29) is 12.3 Å². The molecule has 3 amide bonds. The molecule has 1 aromatic rings. The highest BCUT2D eigenvalue weighted by atomic mass is 32.2. The van der Waals surface area contributed by atoms with Gasteiger partial charge in [0.05, 0.1) is 6.04 Å². The summed E-state index contributed by atoms with van der Waals surface area (Å²) < 4.78 is 0. The van der Waals surface area contributed by atoms with Crippen LogP contribution in [0.5, 0.6) is 0 Å². The summed E-state index contributed by atoms with van der Waals surface area (Å²) in [5.41, 5.74) is 6.76. The van der Waals surface area contributed by atoms with Crippen molar-refractivity contribution in [1.82, 2.24) is 16.0 Å². The first-order chi connectivity index (χ1) is 15.1. The molecule has 0 fully saturated rings. The predicted molar refractivity (Wildman–Crippen MR) is 125 cm³/mol. The Morgan fingerprint density at radius 1 is 0.938 bits per heavy atom. The van der Waals surface area contributed by atoms with Crippen LogP contribution >= 0.6 is 11.8 Å². The van der Waals surface area contributed by atoms with Crippen molar-refractivity contribution in [3.63, 3.8) is 0 Å². The van der Waals surface area contributed by atoms with Crippen molar-refractivity contribution in [1.29, 1.82) is 0 Å². The third-order valence-corrected chi connectivity index (χ3v) is 5.55. The molecule has 0 heterocycles. The maximum Gasteiger partial charge on any atom is 0.325 e. The number of carbonyl (C=O) groups excluding carboxylic acids is 3. The van der Waals surface area contributed by atoms with E-state index in [2.05, 4.69) is 16.0 Å². The van der Waals surface area contributed by atoms with Crippen LogP contribution in [0.25, 0.3) is 0 Å². The average molecular weight is 467 g/mol. The number of aliphatic carboxylic acids is 1. The highest BCUT2D eigenvalue weighted by molar-refractivity contribution is 7.98. The third kappa shape index (κ3) is 9.27. The van der Waals surface area contributed by atoms with Crippen molar-refractivity contribution in [2.24, 2.45) is 11.7 Å². The van der Waals surface area contributed by atoms with E-state index in [1.807, 2.05) is 50.4 Å². The van der Waals surface area contributed by atoms with Crippen molar-refractivity contribution in [3.05, 3.63) is 35.9 Å². The van der Waals surface area contributed by atoms with Gasteiger partial charge in [-0.15, -0.1) is 0 Å². The van der Waals surface area contributed by atoms with Crippen molar-refractivity contribution < 1.29 is 24.3 Å². The molecule has 1 aromatic carbocycles. The summed E-state index contributed by atoms with van der Waals surface area (Å²) >= 11 is 1.49. The van der Waals surface area contributed by atoms with Crippen molar-refractivity contribution in [3.8, 4) is 0 Å². The second-order valence-electron chi connectivity index (χ2n) is 7.93. The van der Waals surface area contributed by atoms with Gasteiger partial charge in [0.15, 0.2) is 0 Å². The Bertz CT molecular complexity index is 775. The Kier molecular flexibility index (Phi) is 11.8. The van der Waals surface area contributed by atoms with E-state index in [9.17, 15) is 19.2 Å². The van der Waals surface area contributed by atoms with Crippen molar-refractivity contribution >= 4 is 35.5 Å². The van der Waals surface area contributed by atoms with Gasteiger partial charge in [-0.2, -0.15) is 11.8 Å². The number of rotatable bonds is 13. The molecule has 9 nitrogen and oxygen atoms in total. The summed E-state index contributed by atoms with van der Waals surface area (Å²) in [6.45, 7) is 4.96. The fraction of sp³-hybridized carbons (Fsp3) is 0.545. The van der Waals surface area contributed by atoms with Crippen LogP contribution in [0, 0.1) is 5.92 Å². The first-order valence-corrected chi connectivity index (χ1v) is 11.9. The first-order valence-electron chi connectivity index (χ1n) is 10.5. The van der Waals surface area contributed by atoms with E-state index in [0.717, 1.165) is 5.56 Å². The Morgan fingerprint density at radius 3 is 2.03 bits per heavy atom. The Balaban J connectivity index is 3.03. The quantitative estimate of drug-likeness (QED) is 0.284. The molecule has 10 heteroatoms. The van der Waals surface area contributed by atoms with Gasteiger partial charge < -0.3 is 26.8 Å². The van der Waals surface area contributed by atoms with Crippen LogP contribution in [-0.4, -0.2) is 65.0 Å². The minimum Gasteiger partial charge on any atom is -0.480 e. The Morgan fingerprint density at radius 2 is 1.50 bits per heavy atom. The minimum atomic E-state index is -1.18. The highest BCUT2D eigenvalue weighted by Gasteiger charge is 2.29. The molecule has 0 bridgehead atoms. The number of hydrogen-bond acceptors (Lipinski definition) is 6. The minimum absolute atomic E-state index is 0.118. The van der Waals surface area contributed by atoms with Gasteiger partial charge in [-0.05, 0) is 36.8 Å². The van der Waals surface area contributed by atoms with Crippen LogP contribution in [0.1, 0.15) is 32.8 Å². The van der Waals surface area contributed by atoms with Gasteiger partial charge in [-0.1, -0.05) is 44.2 Å². The number of nitrogens with one attached hydrogen (secondary N) is 3. The zero-order valence-electron chi connectivity index (χ0n) is 19.0. The lowest BCUT2D eigenvalue weighted by atomic mass is 10.0. The van der Waals surface area contributed by atoms with E-state index in [1.165, 1.54) is 18.7 Å².